The molecule has 0 aliphatic heterocycles. The molecule has 20 heavy (non-hydrogen) atoms. The third kappa shape index (κ3) is 2.83. The van der Waals surface area contributed by atoms with E-state index in [0.29, 0.717) is 5.41 Å². The fourth-order valence-electron chi connectivity index (χ4n) is 3.22. The highest BCUT2D eigenvalue weighted by atomic mass is 14.5. The van der Waals surface area contributed by atoms with Crippen molar-refractivity contribution < 1.29 is 0 Å². The first-order valence-corrected chi connectivity index (χ1v) is 7.80. The number of hydrogen-bond donors (Lipinski definition) is 1. The van der Waals surface area contributed by atoms with Crippen LogP contribution in [0.3, 0.4) is 0 Å². The molecule has 0 bridgehead atoms. The molecule has 1 aromatic rings. The third-order valence-electron chi connectivity index (χ3n) is 4.87. The normalized spacial score (nSPS) is 20.1. The molecule has 1 nitrogen and oxygen atoms in total. The van der Waals surface area contributed by atoms with Gasteiger partial charge in [-0.05, 0) is 65.8 Å². The van der Waals surface area contributed by atoms with Crippen LogP contribution in [-0.4, -0.2) is 6.54 Å². The average Bonchev–Trinajstić information content (AvgIpc) is 2.37. The molecule has 1 aromatic carbocycles. The van der Waals surface area contributed by atoms with Gasteiger partial charge in [-0.2, -0.15) is 0 Å². The van der Waals surface area contributed by atoms with Gasteiger partial charge in [-0.3, -0.25) is 0 Å². The van der Waals surface area contributed by atoms with Gasteiger partial charge in [0.05, 0.1) is 0 Å². The fraction of sp³-hybridized carbons (Fsp3) is 0.579. The Hall–Kier alpha value is -1.08. The van der Waals surface area contributed by atoms with Crippen molar-refractivity contribution in [3.8, 4) is 0 Å². The van der Waals surface area contributed by atoms with E-state index in [4.69, 9.17) is 5.73 Å². The number of fused-ring (bicyclic) bond motifs is 1. The largest absolute Gasteiger partial charge is 0.330 e. The van der Waals surface area contributed by atoms with Gasteiger partial charge in [0.1, 0.15) is 0 Å². The second kappa shape index (κ2) is 5.37. The Morgan fingerprint density at radius 3 is 2.15 bits per heavy atom. The maximum atomic E-state index is 5.57. The molecule has 0 aromatic heterocycles. The van der Waals surface area contributed by atoms with E-state index in [1.54, 1.807) is 5.56 Å². The highest BCUT2D eigenvalue weighted by molar-refractivity contribution is 5.59. The summed E-state index contributed by atoms with van der Waals surface area (Å²) >= 11 is 0. The summed E-state index contributed by atoms with van der Waals surface area (Å²) in [5.74, 6) is 0. The number of aryl methyl sites for hydroxylation is 1. The van der Waals surface area contributed by atoms with Crippen LogP contribution in [0.25, 0.3) is 6.08 Å². The Balaban J connectivity index is 2.52. The van der Waals surface area contributed by atoms with Crippen molar-refractivity contribution in [3.05, 3.63) is 40.5 Å². The van der Waals surface area contributed by atoms with Crippen LogP contribution in [-0.2, 0) is 10.8 Å². The predicted octanol–water partition coefficient (Wildman–Crippen LogP) is 4.71. The van der Waals surface area contributed by atoms with Crippen LogP contribution in [0.15, 0.2) is 18.2 Å². The lowest BCUT2D eigenvalue weighted by Crippen LogP contribution is -2.34. The molecule has 2 N–H and O–H groups in total. The lowest BCUT2D eigenvalue weighted by Gasteiger charge is -2.42. The van der Waals surface area contributed by atoms with E-state index in [1.165, 1.54) is 29.5 Å². The van der Waals surface area contributed by atoms with Crippen molar-refractivity contribution in [1.29, 1.82) is 0 Å². The van der Waals surface area contributed by atoms with Crippen molar-refractivity contribution in [2.75, 3.05) is 6.54 Å². The Morgan fingerprint density at radius 2 is 1.60 bits per heavy atom. The zero-order valence-electron chi connectivity index (χ0n) is 13.7. The molecule has 2 rings (SSSR count). The Kier molecular flexibility index (Phi) is 4.11. The first-order chi connectivity index (χ1) is 9.28. The van der Waals surface area contributed by atoms with Gasteiger partial charge in [0, 0.05) is 0 Å². The van der Waals surface area contributed by atoms with Gasteiger partial charge in [-0.1, -0.05) is 52.0 Å². The summed E-state index contributed by atoms with van der Waals surface area (Å²) in [7, 11) is 0. The van der Waals surface area contributed by atoms with E-state index < -0.39 is 0 Å². The van der Waals surface area contributed by atoms with Crippen LogP contribution >= 0.6 is 0 Å². The summed E-state index contributed by atoms with van der Waals surface area (Å²) in [4.78, 5) is 0. The van der Waals surface area contributed by atoms with Crippen molar-refractivity contribution in [2.45, 2.75) is 64.7 Å². The Labute approximate surface area is 124 Å². The molecule has 1 aliphatic rings. The quantitative estimate of drug-likeness (QED) is 0.846. The SMILES string of the molecule is Cc1cc2c(cc1C=CCCN)C(C)(C)CCC2(C)C. The van der Waals surface area contributed by atoms with Gasteiger partial charge < -0.3 is 5.73 Å². The summed E-state index contributed by atoms with van der Waals surface area (Å²) in [5.41, 5.74) is 12.0. The fourth-order valence-corrected chi connectivity index (χ4v) is 3.22. The third-order valence-corrected chi connectivity index (χ3v) is 4.87. The highest BCUT2D eigenvalue weighted by Gasteiger charge is 2.37. The molecule has 0 radical (unpaired) electrons. The van der Waals surface area contributed by atoms with Crippen LogP contribution < -0.4 is 5.73 Å². The molecule has 0 unspecified atom stereocenters. The van der Waals surface area contributed by atoms with Gasteiger partial charge in [0.2, 0.25) is 0 Å². The summed E-state index contributed by atoms with van der Waals surface area (Å²) in [6, 6.07) is 4.83. The molecule has 0 amide bonds. The lowest BCUT2D eigenvalue weighted by atomic mass is 9.62. The standard InChI is InChI=1S/C19H29N/c1-14-12-16-17(13-15(14)8-6-7-11-20)19(4,5)10-9-18(16,2)3/h6,8,12-13H,7,9-11,20H2,1-5H3. The van der Waals surface area contributed by atoms with Crippen LogP contribution in [0.5, 0.6) is 0 Å². The topological polar surface area (TPSA) is 26.0 Å². The van der Waals surface area contributed by atoms with Crippen LogP contribution in [0.4, 0.5) is 0 Å². The van der Waals surface area contributed by atoms with E-state index in [2.05, 4.69) is 58.9 Å². The summed E-state index contributed by atoms with van der Waals surface area (Å²) in [5, 5.41) is 0. The van der Waals surface area contributed by atoms with Crippen molar-refractivity contribution in [3.63, 3.8) is 0 Å². The highest BCUT2D eigenvalue weighted by Crippen LogP contribution is 2.46. The molecule has 0 heterocycles. The Bertz CT molecular complexity index is 521. The van der Waals surface area contributed by atoms with Gasteiger partial charge in [-0.25, -0.2) is 0 Å². The van der Waals surface area contributed by atoms with Gasteiger partial charge in [0.25, 0.3) is 0 Å². The molecule has 1 aliphatic carbocycles. The zero-order valence-corrected chi connectivity index (χ0v) is 13.7. The molecule has 1 heteroatoms. The molecular weight excluding hydrogens is 242 g/mol. The molecular formula is C19H29N. The molecule has 0 fully saturated rings. The van der Waals surface area contributed by atoms with Crippen molar-refractivity contribution >= 4 is 6.08 Å². The number of hydrogen-bond acceptors (Lipinski definition) is 1. The second-order valence-corrected chi connectivity index (χ2v) is 7.50. The van der Waals surface area contributed by atoms with Crippen molar-refractivity contribution in [2.24, 2.45) is 5.73 Å². The van der Waals surface area contributed by atoms with E-state index in [0.717, 1.165) is 13.0 Å². The number of nitrogens with two attached hydrogens (primary N) is 1. The molecule has 0 saturated heterocycles. The zero-order chi connectivity index (χ0) is 15.0. The number of rotatable bonds is 3. The van der Waals surface area contributed by atoms with E-state index in [1.807, 2.05) is 0 Å². The minimum atomic E-state index is 0.287. The van der Waals surface area contributed by atoms with Gasteiger partial charge in [0.15, 0.2) is 0 Å². The van der Waals surface area contributed by atoms with Gasteiger partial charge >= 0.3 is 0 Å². The lowest BCUT2D eigenvalue weighted by molar-refractivity contribution is 0.331. The minimum absolute atomic E-state index is 0.287. The van der Waals surface area contributed by atoms with Gasteiger partial charge in [-0.15, -0.1) is 0 Å². The first-order valence-electron chi connectivity index (χ1n) is 7.80. The average molecular weight is 271 g/mol. The van der Waals surface area contributed by atoms with E-state index in [-0.39, 0.29) is 5.41 Å². The molecule has 0 spiro atoms. The number of benzene rings is 1. The second-order valence-electron chi connectivity index (χ2n) is 7.50. The Morgan fingerprint density at radius 1 is 1.05 bits per heavy atom. The van der Waals surface area contributed by atoms with E-state index >= 15 is 0 Å². The van der Waals surface area contributed by atoms with Crippen LogP contribution in [0.1, 0.15) is 69.2 Å². The summed E-state index contributed by atoms with van der Waals surface area (Å²) in [6.07, 6.45) is 7.91. The van der Waals surface area contributed by atoms with Crippen molar-refractivity contribution in [1.82, 2.24) is 0 Å². The maximum absolute atomic E-state index is 5.57. The molecule has 110 valence electrons. The summed E-state index contributed by atoms with van der Waals surface area (Å²) < 4.78 is 0. The summed E-state index contributed by atoms with van der Waals surface area (Å²) in [6.45, 7) is 12.5. The van der Waals surface area contributed by atoms with Crippen LogP contribution in [0, 0.1) is 6.92 Å². The minimum Gasteiger partial charge on any atom is -0.330 e. The first kappa shape index (κ1) is 15.3. The predicted molar refractivity (Wildman–Crippen MR) is 89.2 cm³/mol. The monoisotopic (exact) mass is 271 g/mol. The molecule has 0 atom stereocenters. The van der Waals surface area contributed by atoms with Crippen LogP contribution in [0.2, 0.25) is 0 Å². The van der Waals surface area contributed by atoms with E-state index in [9.17, 15) is 0 Å². The smallest absolute Gasteiger partial charge is 0.00425 e. The maximum Gasteiger partial charge on any atom is -0.00425 e. The molecule has 0 saturated carbocycles.